The Balaban J connectivity index is 4.17. The molecule has 13 heavy (non-hydrogen) atoms. The van der Waals surface area contributed by atoms with E-state index in [1.165, 1.54) is 0 Å². The molecule has 1 atom stereocenters. The van der Waals surface area contributed by atoms with E-state index in [2.05, 4.69) is 39.9 Å². The molecule has 1 amide bonds. The molecule has 1 unspecified atom stereocenters. The summed E-state index contributed by atoms with van der Waals surface area (Å²) in [5.74, 6) is 0.0462. The van der Waals surface area contributed by atoms with E-state index >= 15 is 0 Å². The lowest BCUT2D eigenvalue weighted by atomic mass is 10.1. The van der Waals surface area contributed by atoms with Crippen LogP contribution in [0.3, 0.4) is 0 Å². The molecule has 0 rings (SSSR count). The third kappa shape index (κ3) is 5.19. The average molecular weight is 203 g/mol. The van der Waals surface area contributed by atoms with Gasteiger partial charge in [0.15, 0.2) is 0 Å². The number of nitrogens with one attached hydrogen (secondary N) is 1. The number of rotatable bonds is 4. The summed E-state index contributed by atoms with van der Waals surface area (Å²) < 4.78 is 0.0971. The van der Waals surface area contributed by atoms with Crippen LogP contribution >= 0.6 is 11.8 Å². The highest BCUT2D eigenvalue weighted by Crippen LogP contribution is 2.31. The average Bonchev–Trinajstić information content (AvgIpc) is 1.81. The predicted octanol–water partition coefficient (Wildman–Crippen LogP) is 2.43. The van der Waals surface area contributed by atoms with E-state index in [0.29, 0.717) is 5.25 Å². The molecule has 0 aromatic heterocycles. The van der Waals surface area contributed by atoms with E-state index in [4.69, 9.17) is 0 Å². The summed E-state index contributed by atoms with van der Waals surface area (Å²) in [6, 6.07) is 0.206. The van der Waals surface area contributed by atoms with Crippen LogP contribution in [0, 0.1) is 0 Å². The Kier molecular flexibility index (Phi) is 4.82. The normalized spacial score (nSPS) is 14.4. The van der Waals surface area contributed by atoms with Crippen LogP contribution in [0.4, 0.5) is 0 Å². The third-order valence-corrected chi connectivity index (χ3v) is 3.43. The van der Waals surface area contributed by atoms with Crippen LogP contribution < -0.4 is 5.32 Å². The van der Waals surface area contributed by atoms with Crippen molar-refractivity contribution in [3.63, 3.8) is 0 Å². The van der Waals surface area contributed by atoms with Gasteiger partial charge in [-0.25, -0.2) is 0 Å². The zero-order valence-electron chi connectivity index (χ0n) is 9.47. The summed E-state index contributed by atoms with van der Waals surface area (Å²) in [6.07, 6.45) is 0. The van der Waals surface area contributed by atoms with Gasteiger partial charge in [-0.15, -0.1) is 0 Å². The fourth-order valence-electron chi connectivity index (χ4n) is 1.19. The van der Waals surface area contributed by atoms with Crippen molar-refractivity contribution < 1.29 is 4.79 Å². The molecule has 0 aromatic rings. The summed E-state index contributed by atoms with van der Waals surface area (Å²) in [5, 5.41) is 3.52. The lowest BCUT2D eigenvalue weighted by Crippen LogP contribution is -2.45. The Hall–Kier alpha value is -0.180. The van der Waals surface area contributed by atoms with Crippen LogP contribution in [-0.2, 0) is 4.79 Å². The molecule has 0 fully saturated rings. The summed E-state index contributed by atoms with van der Waals surface area (Å²) in [5.41, 5.74) is 0. The van der Waals surface area contributed by atoms with Crippen LogP contribution in [0.2, 0.25) is 0 Å². The molecule has 0 aliphatic carbocycles. The molecule has 0 spiro atoms. The first-order chi connectivity index (χ1) is 5.75. The highest BCUT2D eigenvalue weighted by atomic mass is 32.2. The van der Waals surface area contributed by atoms with Gasteiger partial charge in [-0.05, 0) is 26.0 Å². The van der Waals surface area contributed by atoms with Crippen molar-refractivity contribution in [3.8, 4) is 0 Å². The Morgan fingerprint density at radius 1 is 1.31 bits per heavy atom. The van der Waals surface area contributed by atoms with Gasteiger partial charge >= 0.3 is 0 Å². The van der Waals surface area contributed by atoms with E-state index in [-0.39, 0.29) is 16.7 Å². The molecule has 0 aliphatic heterocycles. The van der Waals surface area contributed by atoms with Gasteiger partial charge in [-0.3, -0.25) is 4.79 Å². The topological polar surface area (TPSA) is 29.1 Å². The van der Waals surface area contributed by atoms with Gasteiger partial charge in [-0.2, -0.15) is 11.8 Å². The summed E-state index contributed by atoms with van der Waals surface area (Å²) in [6.45, 7) is 12.3. The van der Waals surface area contributed by atoms with Crippen molar-refractivity contribution in [3.05, 3.63) is 0 Å². The van der Waals surface area contributed by atoms with Crippen molar-refractivity contribution >= 4 is 17.7 Å². The molecule has 78 valence electrons. The smallest absolute Gasteiger partial charge is 0.217 e. The number of hydrogen-bond donors (Lipinski definition) is 1. The highest BCUT2D eigenvalue weighted by molar-refractivity contribution is 8.01. The fraction of sp³-hybridized carbons (Fsp3) is 0.900. The van der Waals surface area contributed by atoms with Gasteiger partial charge in [0.1, 0.15) is 0 Å². The minimum atomic E-state index is 0.0462. The molecule has 0 saturated heterocycles. The molecule has 0 aliphatic rings. The maximum absolute atomic E-state index is 10.9. The highest BCUT2D eigenvalue weighted by Gasteiger charge is 2.27. The summed E-state index contributed by atoms with van der Waals surface area (Å²) in [4.78, 5) is 10.9. The molecule has 1 N–H and O–H groups in total. The molecule has 3 heteroatoms. The van der Waals surface area contributed by atoms with Crippen molar-refractivity contribution in [1.82, 2.24) is 5.32 Å². The van der Waals surface area contributed by atoms with Crippen LogP contribution in [0.25, 0.3) is 0 Å². The summed E-state index contributed by atoms with van der Waals surface area (Å²) in [7, 11) is 0. The van der Waals surface area contributed by atoms with Gasteiger partial charge in [0, 0.05) is 17.7 Å². The number of thioether (sulfide) groups is 1. The second-order valence-corrected chi connectivity index (χ2v) is 6.42. The summed E-state index contributed by atoms with van der Waals surface area (Å²) >= 11 is 1.89. The molecule has 0 bridgehead atoms. The molecule has 0 radical (unpaired) electrons. The molecule has 0 heterocycles. The van der Waals surface area contributed by atoms with Crippen molar-refractivity contribution in [2.75, 3.05) is 0 Å². The van der Waals surface area contributed by atoms with E-state index < -0.39 is 0 Å². The maximum Gasteiger partial charge on any atom is 0.217 e. The van der Waals surface area contributed by atoms with Crippen molar-refractivity contribution in [2.24, 2.45) is 0 Å². The lowest BCUT2D eigenvalue weighted by Gasteiger charge is -2.33. The van der Waals surface area contributed by atoms with Crippen molar-refractivity contribution in [1.29, 1.82) is 0 Å². The van der Waals surface area contributed by atoms with Gasteiger partial charge in [-0.1, -0.05) is 13.8 Å². The molecule has 2 nitrogen and oxygen atoms in total. The Labute approximate surface area is 85.9 Å². The number of carbonyl (C=O) groups excluding carboxylic acids is 1. The van der Waals surface area contributed by atoms with E-state index in [1.807, 2.05) is 11.8 Å². The number of amides is 1. The standard InChI is InChI=1S/C10H21NOS/c1-7(2)13-10(5,6)8(3)11-9(4)12/h7-8H,1-6H3,(H,11,12). The van der Waals surface area contributed by atoms with Crippen LogP contribution in [-0.4, -0.2) is 21.9 Å². The fourth-order valence-corrected chi connectivity index (χ4v) is 2.67. The first kappa shape index (κ1) is 12.8. The minimum Gasteiger partial charge on any atom is -0.353 e. The third-order valence-electron chi connectivity index (χ3n) is 2.00. The molecule has 0 aromatic carbocycles. The maximum atomic E-state index is 10.9. The monoisotopic (exact) mass is 203 g/mol. The first-order valence-corrected chi connectivity index (χ1v) is 5.58. The van der Waals surface area contributed by atoms with Gasteiger partial charge in [0.25, 0.3) is 0 Å². The first-order valence-electron chi connectivity index (χ1n) is 4.70. The number of hydrogen-bond acceptors (Lipinski definition) is 2. The van der Waals surface area contributed by atoms with Gasteiger partial charge in [0.2, 0.25) is 5.91 Å². The van der Waals surface area contributed by atoms with E-state index in [0.717, 1.165) is 0 Å². The molecular formula is C10H21NOS. The second-order valence-electron chi connectivity index (χ2n) is 4.19. The zero-order chi connectivity index (χ0) is 10.6. The molecular weight excluding hydrogens is 182 g/mol. The van der Waals surface area contributed by atoms with Crippen LogP contribution in [0.15, 0.2) is 0 Å². The minimum absolute atomic E-state index is 0.0462. The predicted molar refractivity (Wildman–Crippen MR) is 60.1 cm³/mol. The van der Waals surface area contributed by atoms with E-state index in [1.54, 1.807) is 6.92 Å². The van der Waals surface area contributed by atoms with Crippen LogP contribution in [0.5, 0.6) is 0 Å². The van der Waals surface area contributed by atoms with Gasteiger partial charge in [0.05, 0.1) is 0 Å². The van der Waals surface area contributed by atoms with E-state index in [9.17, 15) is 4.79 Å². The molecule has 0 saturated carbocycles. The Morgan fingerprint density at radius 3 is 2.08 bits per heavy atom. The lowest BCUT2D eigenvalue weighted by molar-refractivity contribution is -0.119. The largest absolute Gasteiger partial charge is 0.353 e. The van der Waals surface area contributed by atoms with Crippen LogP contribution in [0.1, 0.15) is 41.5 Å². The SMILES string of the molecule is CC(=O)NC(C)C(C)(C)SC(C)C. The Bertz CT molecular complexity index is 178. The quantitative estimate of drug-likeness (QED) is 0.760. The number of carbonyl (C=O) groups is 1. The zero-order valence-corrected chi connectivity index (χ0v) is 10.3. The second kappa shape index (κ2) is 4.89. The Morgan fingerprint density at radius 2 is 1.77 bits per heavy atom. The van der Waals surface area contributed by atoms with Gasteiger partial charge < -0.3 is 5.32 Å². The van der Waals surface area contributed by atoms with Crippen molar-refractivity contribution in [2.45, 2.75) is 57.6 Å².